The van der Waals surface area contributed by atoms with E-state index in [1.165, 1.54) is 469 Å². The minimum Gasteiger partial charge on any atom is -0.466 e. The molecule has 0 saturated heterocycles. The largest absolute Gasteiger partial charge is 0.466 e. The second kappa shape index (κ2) is 88.0. The van der Waals surface area contributed by atoms with Gasteiger partial charge in [0.05, 0.1) is 25.4 Å². The number of unbranched alkanes of at least 4 members (excludes halogenated alkanes) is 75. The van der Waals surface area contributed by atoms with Gasteiger partial charge in [0.15, 0.2) is 0 Å². The van der Waals surface area contributed by atoms with Gasteiger partial charge in [-0.1, -0.05) is 488 Å². The smallest absolute Gasteiger partial charge is 0.305 e. The van der Waals surface area contributed by atoms with E-state index in [2.05, 4.69) is 31.3 Å². The lowest BCUT2D eigenvalue weighted by atomic mass is 10.0. The lowest BCUT2D eigenvalue weighted by Gasteiger charge is -2.22. The van der Waals surface area contributed by atoms with E-state index >= 15 is 0 Å². The van der Waals surface area contributed by atoms with Crippen molar-refractivity contribution in [2.45, 2.75) is 553 Å². The number of aliphatic hydroxyl groups is 2. The molecule has 0 aliphatic rings. The van der Waals surface area contributed by atoms with Crippen LogP contribution in [-0.2, 0) is 14.3 Å². The van der Waals surface area contributed by atoms with Crippen LogP contribution in [0.25, 0.3) is 0 Å². The molecule has 0 heterocycles. The molecule has 0 aliphatic carbocycles. The second-order valence-corrected chi connectivity index (χ2v) is 32.0. The highest BCUT2D eigenvalue weighted by Gasteiger charge is 2.20. The maximum Gasteiger partial charge on any atom is 0.305 e. The second-order valence-electron chi connectivity index (χ2n) is 32.0. The zero-order valence-corrected chi connectivity index (χ0v) is 67.3. The Hall–Kier alpha value is -1.40. The fraction of sp³-hybridized carbons (Fsp3) is 0.957. The third kappa shape index (κ3) is 83.5. The molecule has 0 aromatic carbocycles. The number of esters is 1. The number of aliphatic hydroxyl groups excluding tert-OH is 2. The van der Waals surface area contributed by atoms with Crippen LogP contribution in [0.5, 0.6) is 0 Å². The summed E-state index contributed by atoms with van der Waals surface area (Å²) in [4.78, 5) is 24.7. The summed E-state index contributed by atoms with van der Waals surface area (Å²) in [6.07, 6.45) is 114. The molecule has 0 aliphatic heterocycles. The first-order chi connectivity index (χ1) is 48.5. The van der Waals surface area contributed by atoms with E-state index in [1.54, 1.807) is 0 Å². The Labute approximate surface area is 616 Å². The molecule has 6 nitrogen and oxygen atoms in total. The molecule has 0 bridgehead atoms. The quantitative estimate of drug-likeness (QED) is 0.0320. The first kappa shape index (κ1) is 96.6. The van der Waals surface area contributed by atoms with E-state index in [-0.39, 0.29) is 18.5 Å². The minimum absolute atomic E-state index is 0.0219. The summed E-state index contributed by atoms with van der Waals surface area (Å²) < 4.78 is 5.52. The standard InChI is InChI=1S/C92H181NO5/c1-3-5-7-9-11-13-15-17-19-21-23-24-25-43-46-49-52-56-60-64-68-72-76-80-84-90(95)89(88-94)93-91(96)85-81-77-73-69-65-61-57-53-50-47-44-41-39-37-35-33-31-29-27-26-28-30-32-34-36-38-40-42-45-48-51-55-59-63-67-71-75-79-83-87-98-92(97)86-82-78-74-70-66-62-58-54-22-20-18-16-14-12-10-8-6-4-2/h20,22,89-90,94-95H,3-19,21,23-88H2,1-2H3,(H,93,96)/b22-20-. The summed E-state index contributed by atoms with van der Waals surface area (Å²) in [5.41, 5.74) is 0. The van der Waals surface area contributed by atoms with Crippen LogP contribution < -0.4 is 5.32 Å². The Bertz CT molecular complexity index is 1500. The summed E-state index contributed by atoms with van der Waals surface area (Å²) >= 11 is 0. The maximum absolute atomic E-state index is 12.6. The molecule has 0 spiro atoms. The number of hydrogen-bond acceptors (Lipinski definition) is 5. The van der Waals surface area contributed by atoms with Crippen LogP contribution in [0.15, 0.2) is 12.2 Å². The molecule has 584 valence electrons. The van der Waals surface area contributed by atoms with Crippen molar-refractivity contribution in [2.75, 3.05) is 13.2 Å². The maximum atomic E-state index is 12.6. The molecule has 6 heteroatoms. The van der Waals surface area contributed by atoms with Crippen molar-refractivity contribution in [1.82, 2.24) is 5.32 Å². The number of carbonyl (C=O) groups is 2. The Balaban J connectivity index is 3.29. The molecular formula is C92H181NO5. The van der Waals surface area contributed by atoms with Gasteiger partial charge in [0.25, 0.3) is 0 Å². The average molecular weight is 1380 g/mol. The van der Waals surface area contributed by atoms with Crippen molar-refractivity contribution < 1.29 is 24.5 Å². The molecule has 0 aromatic heterocycles. The first-order valence-electron chi connectivity index (χ1n) is 45.9. The van der Waals surface area contributed by atoms with Crippen LogP contribution in [0, 0.1) is 0 Å². The lowest BCUT2D eigenvalue weighted by Crippen LogP contribution is -2.45. The molecule has 2 atom stereocenters. The predicted molar refractivity (Wildman–Crippen MR) is 435 cm³/mol. The van der Waals surface area contributed by atoms with Crippen molar-refractivity contribution in [3.8, 4) is 0 Å². The Morgan fingerprint density at radius 1 is 0.276 bits per heavy atom. The number of rotatable bonds is 88. The van der Waals surface area contributed by atoms with Gasteiger partial charge in [0.2, 0.25) is 5.91 Å². The van der Waals surface area contributed by atoms with Crippen LogP contribution in [0.2, 0.25) is 0 Å². The predicted octanol–water partition coefficient (Wildman–Crippen LogP) is 31.0. The molecule has 0 rings (SSSR count). The molecule has 2 unspecified atom stereocenters. The van der Waals surface area contributed by atoms with Crippen LogP contribution in [0.3, 0.4) is 0 Å². The molecule has 0 aromatic rings. The third-order valence-corrected chi connectivity index (χ3v) is 22.1. The summed E-state index contributed by atoms with van der Waals surface area (Å²) in [6, 6.07) is -0.538. The molecule has 98 heavy (non-hydrogen) atoms. The zero-order valence-electron chi connectivity index (χ0n) is 67.3. The normalized spacial score (nSPS) is 12.4. The van der Waals surface area contributed by atoms with Gasteiger partial charge in [0, 0.05) is 12.8 Å². The van der Waals surface area contributed by atoms with Crippen molar-refractivity contribution >= 4 is 11.9 Å². The number of ether oxygens (including phenoxy) is 1. The van der Waals surface area contributed by atoms with Crippen molar-refractivity contribution in [2.24, 2.45) is 0 Å². The number of carbonyl (C=O) groups excluding carboxylic acids is 2. The fourth-order valence-electron chi connectivity index (χ4n) is 15.1. The molecule has 0 radical (unpaired) electrons. The van der Waals surface area contributed by atoms with Crippen LogP contribution in [-0.4, -0.2) is 47.4 Å². The van der Waals surface area contributed by atoms with E-state index in [0.29, 0.717) is 25.9 Å². The molecule has 0 saturated carbocycles. The van der Waals surface area contributed by atoms with Gasteiger partial charge in [0.1, 0.15) is 0 Å². The van der Waals surface area contributed by atoms with Crippen molar-refractivity contribution in [3.63, 3.8) is 0 Å². The Morgan fingerprint density at radius 2 is 0.480 bits per heavy atom. The van der Waals surface area contributed by atoms with Gasteiger partial charge in [-0.3, -0.25) is 9.59 Å². The topological polar surface area (TPSA) is 95.9 Å². The van der Waals surface area contributed by atoms with Gasteiger partial charge in [-0.15, -0.1) is 0 Å². The first-order valence-corrected chi connectivity index (χ1v) is 45.9. The summed E-state index contributed by atoms with van der Waals surface area (Å²) in [5, 5.41) is 23.5. The van der Waals surface area contributed by atoms with Crippen LogP contribution in [0.1, 0.15) is 540 Å². The zero-order chi connectivity index (χ0) is 70.5. The number of hydrogen-bond donors (Lipinski definition) is 3. The van der Waals surface area contributed by atoms with Gasteiger partial charge >= 0.3 is 5.97 Å². The van der Waals surface area contributed by atoms with E-state index in [1.807, 2.05) is 0 Å². The number of amides is 1. The third-order valence-electron chi connectivity index (χ3n) is 22.1. The highest BCUT2D eigenvalue weighted by Crippen LogP contribution is 2.22. The number of nitrogens with one attached hydrogen (secondary N) is 1. The van der Waals surface area contributed by atoms with E-state index in [9.17, 15) is 19.8 Å². The van der Waals surface area contributed by atoms with E-state index in [0.717, 1.165) is 38.5 Å². The van der Waals surface area contributed by atoms with Crippen molar-refractivity contribution in [3.05, 3.63) is 12.2 Å². The molecule has 1 amide bonds. The summed E-state index contributed by atoms with van der Waals surface area (Å²) in [7, 11) is 0. The van der Waals surface area contributed by atoms with Gasteiger partial charge in [-0.05, 0) is 51.4 Å². The summed E-state index contributed by atoms with van der Waals surface area (Å²) in [5.74, 6) is 0.000848. The highest BCUT2D eigenvalue weighted by atomic mass is 16.5. The van der Waals surface area contributed by atoms with E-state index < -0.39 is 12.1 Å². The Morgan fingerprint density at radius 3 is 0.724 bits per heavy atom. The van der Waals surface area contributed by atoms with Gasteiger partial charge < -0.3 is 20.3 Å². The lowest BCUT2D eigenvalue weighted by molar-refractivity contribution is -0.143. The van der Waals surface area contributed by atoms with Gasteiger partial charge in [-0.25, -0.2) is 0 Å². The Kier molecular flexibility index (Phi) is 86.7. The average Bonchev–Trinajstić information content (AvgIpc) is 1.88. The molecule has 3 N–H and O–H groups in total. The van der Waals surface area contributed by atoms with Crippen LogP contribution in [0.4, 0.5) is 0 Å². The molecule has 0 fully saturated rings. The SMILES string of the molecule is CCCCCCCCC/C=C\CCCCCCCCCC(=O)OCCCCCCCCCCCCCCCCCCCCCCCCCCCCCCCCCCCCCCCCCC(=O)NC(CO)C(O)CCCCCCCCCCCCCCCCCCCCCCCCCC. The highest BCUT2D eigenvalue weighted by molar-refractivity contribution is 5.76. The van der Waals surface area contributed by atoms with Crippen molar-refractivity contribution in [1.29, 1.82) is 0 Å². The fourth-order valence-corrected chi connectivity index (χ4v) is 15.1. The number of allylic oxidation sites excluding steroid dienone is 2. The van der Waals surface area contributed by atoms with Crippen LogP contribution >= 0.6 is 0 Å². The van der Waals surface area contributed by atoms with Gasteiger partial charge in [-0.2, -0.15) is 0 Å². The summed E-state index contributed by atoms with van der Waals surface area (Å²) in [6.45, 7) is 5.02. The van der Waals surface area contributed by atoms with E-state index in [4.69, 9.17) is 4.74 Å². The monoisotopic (exact) mass is 1380 g/mol. The minimum atomic E-state index is -0.661. The molecular weight excluding hydrogens is 1200 g/mol.